The van der Waals surface area contributed by atoms with E-state index >= 15 is 0 Å². The molecule has 0 fully saturated rings. The fraction of sp³-hybridized carbons (Fsp3) is 0.750. The zero-order valence-electron chi connectivity index (χ0n) is 7.73. The molecular weight excluding hydrogens is 170 g/mol. The third kappa shape index (κ3) is 3.52. The van der Waals surface area contributed by atoms with Crippen molar-refractivity contribution < 1.29 is 9.63 Å². The van der Waals surface area contributed by atoms with Gasteiger partial charge in [-0.2, -0.15) is 4.98 Å². The van der Waals surface area contributed by atoms with Crippen LogP contribution in [0.25, 0.3) is 0 Å². The topological polar surface area (TPSA) is 85.2 Å². The molecule has 5 heteroatoms. The van der Waals surface area contributed by atoms with Crippen molar-refractivity contribution in [1.29, 1.82) is 0 Å². The third-order valence-electron chi connectivity index (χ3n) is 1.56. The average molecular weight is 185 g/mol. The normalized spacial score (nSPS) is 13.2. The molecule has 1 rings (SSSR count). The maximum Gasteiger partial charge on any atom is 0.226 e. The molecule has 0 saturated carbocycles. The molecule has 0 aliphatic carbocycles. The molecule has 1 aromatic heterocycles. The van der Waals surface area contributed by atoms with E-state index in [-0.39, 0.29) is 12.6 Å². The van der Waals surface area contributed by atoms with E-state index in [0.717, 1.165) is 0 Å². The molecule has 1 heterocycles. The first-order chi connectivity index (χ1) is 6.22. The second-order valence-electron chi connectivity index (χ2n) is 3.11. The van der Waals surface area contributed by atoms with Crippen molar-refractivity contribution >= 4 is 0 Å². The van der Waals surface area contributed by atoms with Crippen LogP contribution in [0.15, 0.2) is 4.52 Å². The van der Waals surface area contributed by atoms with Gasteiger partial charge in [0.15, 0.2) is 5.82 Å². The minimum absolute atomic E-state index is 0.0447. The fourth-order valence-corrected chi connectivity index (χ4v) is 0.993. The summed E-state index contributed by atoms with van der Waals surface area (Å²) in [6, 6.07) is 0.0447. The Hall–Kier alpha value is -0.940. The summed E-state index contributed by atoms with van der Waals surface area (Å²) in [6.07, 6.45) is 1.91. The largest absolute Gasteiger partial charge is 0.396 e. The molecule has 0 aliphatic heterocycles. The van der Waals surface area contributed by atoms with Gasteiger partial charge in [0.25, 0.3) is 0 Å². The molecule has 1 atom stereocenters. The van der Waals surface area contributed by atoms with Crippen LogP contribution < -0.4 is 5.73 Å². The summed E-state index contributed by atoms with van der Waals surface area (Å²) >= 11 is 0. The number of nitrogens with two attached hydrogens (primary N) is 1. The van der Waals surface area contributed by atoms with Crippen LogP contribution in [0.4, 0.5) is 0 Å². The van der Waals surface area contributed by atoms with Crippen LogP contribution in [-0.4, -0.2) is 27.9 Å². The molecule has 0 amide bonds. The van der Waals surface area contributed by atoms with E-state index in [0.29, 0.717) is 31.0 Å². The summed E-state index contributed by atoms with van der Waals surface area (Å²) < 4.78 is 4.94. The summed E-state index contributed by atoms with van der Waals surface area (Å²) in [7, 11) is 0. The second kappa shape index (κ2) is 4.94. The lowest BCUT2D eigenvalue weighted by Gasteiger charge is -1.96. The van der Waals surface area contributed by atoms with Crippen LogP contribution >= 0.6 is 0 Å². The highest BCUT2D eigenvalue weighted by molar-refractivity contribution is 4.88. The Balaban J connectivity index is 2.44. The zero-order valence-corrected chi connectivity index (χ0v) is 7.73. The quantitative estimate of drug-likeness (QED) is 0.668. The van der Waals surface area contributed by atoms with Crippen LogP contribution in [0.3, 0.4) is 0 Å². The van der Waals surface area contributed by atoms with E-state index in [2.05, 4.69) is 10.1 Å². The number of nitrogens with zero attached hydrogens (tertiary/aromatic N) is 2. The number of rotatable bonds is 5. The summed E-state index contributed by atoms with van der Waals surface area (Å²) in [5.74, 6) is 1.22. The van der Waals surface area contributed by atoms with Crippen molar-refractivity contribution in [1.82, 2.24) is 10.1 Å². The van der Waals surface area contributed by atoms with E-state index in [1.807, 2.05) is 6.92 Å². The number of hydrogen-bond donors (Lipinski definition) is 2. The van der Waals surface area contributed by atoms with Crippen LogP contribution in [0.2, 0.25) is 0 Å². The molecule has 1 unspecified atom stereocenters. The van der Waals surface area contributed by atoms with Gasteiger partial charge in [-0.25, -0.2) is 0 Å². The SMILES string of the molecule is CC(N)Cc1noc(CCCO)n1. The molecule has 0 aliphatic rings. The number of aliphatic hydroxyl groups is 1. The summed E-state index contributed by atoms with van der Waals surface area (Å²) in [5.41, 5.74) is 5.57. The Morgan fingerprint density at radius 2 is 2.38 bits per heavy atom. The third-order valence-corrected chi connectivity index (χ3v) is 1.56. The molecule has 0 bridgehead atoms. The smallest absolute Gasteiger partial charge is 0.226 e. The zero-order chi connectivity index (χ0) is 9.68. The number of aryl methyl sites for hydroxylation is 1. The molecule has 13 heavy (non-hydrogen) atoms. The molecule has 74 valence electrons. The van der Waals surface area contributed by atoms with Gasteiger partial charge >= 0.3 is 0 Å². The lowest BCUT2D eigenvalue weighted by molar-refractivity contribution is 0.278. The Morgan fingerprint density at radius 1 is 1.62 bits per heavy atom. The van der Waals surface area contributed by atoms with Gasteiger partial charge in [0, 0.05) is 25.5 Å². The summed E-state index contributed by atoms with van der Waals surface area (Å²) in [6.45, 7) is 2.04. The Morgan fingerprint density at radius 3 is 3.00 bits per heavy atom. The van der Waals surface area contributed by atoms with Crippen molar-refractivity contribution in [3.05, 3.63) is 11.7 Å². The highest BCUT2D eigenvalue weighted by Crippen LogP contribution is 2.02. The predicted molar refractivity (Wildman–Crippen MR) is 47.1 cm³/mol. The summed E-state index contributed by atoms with van der Waals surface area (Å²) in [5, 5.41) is 12.3. The monoisotopic (exact) mass is 185 g/mol. The van der Waals surface area contributed by atoms with Crippen LogP contribution in [0.5, 0.6) is 0 Å². The first kappa shape index (κ1) is 10.1. The number of aliphatic hydroxyl groups excluding tert-OH is 1. The fourth-order valence-electron chi connectivity index (χ4n) is 0.993. The Bertz CT molecular complexity index is 247. The molecule has 0 radical (unpaired) electrons. The molecule has 5 nitrogen and oxygen atoms in total. The van der Waals surface area contributed by atoms with Crippen molar-refractivity contribution in [2.45, 2.75) is 32.2 Å². The van der Waals surface area contributed by atoms with Crippen LogP contribution in [0, 0.1) is 0 Å². The lowest BCUT2D eigenvalue weighted by Crippen LogP contribution is -2.18. The Kier molecular flexibility index (Phi) is 3.85. The van der Waals surface area contributed by atoms with Crippen molar-refractivity contribution in [2.24, 2.45) is 5.73 Å². The Labute approximate surface area is 76.9 Å². The minimum atomic E-state index is 0.0447. The molecule has 3 N–H and O–H groups in total. The van der Waals surface area contributed by atoms with Gasteiger partial charge in [0.05, 0.1) is 0 Å². The predicted octanol–water partition coefficient (Wildman–Crippen LogP) is -0.116. The van der Waals surface area contributed by atoms with E-state index in [9.17, 15) is 0 Å². The van der Waals surface area contributed by atoms with E-state index in [1.54, 1.807) is 0 Å². The maximum absolute atomic E-state index is 8.57. The van der Waals surface area contributed by atoms with E-state index in [1.165, 1.54) is 0 Å². The van der Waals surface area contributed by atoms with Crippen LogP contribution in [0.1, 0.15) is 25.1 Å². The van der Waals surface area contributed by atoms with Crippen molar-refractivity contribution in [2.75, 3.05) is 6.61 Å². The van der Waals surface area contributed by atoms with Gasteiger partial charge in [-0.1, -0.05) is 5.16 Å². The molecule has 1 aromatic rings. The molecule has 0 spiro atoms. The maximum atomic E-state index is 8.57. The van der Waals surface area contributed by atoms with E-state index in [4.69, 9.17) is 15.4 Å². The average Bonchev–Trinajstić information content (AvgIpc) is 2.48. The van der Waals surface area contributed by atoms with Crippen molar-refractivity contribution in [3.8, 4) is 0 Å². The summed E-state index contributed by atoms with van der Waals surface area (Å²) in [4.78, 5) is 4.12. The lowest BCUT2D eigenvalue weighted by atomic mass is 10.2. The highest BCUT2D eigenvalue weighted by atomic mass is 16.5. The van der Waals surface area contributed by atoms with E-state index < -0.39 is 0 Å². The van der Waals surface area contributed by atoms with Gasteiger partial charge in [0.1, 0.15) is 0 Å². The van der Waals surface area contributed by atoms with Crippen molar-refractivity contribution in [3.63, 3.8) is 0 Å². The van der Waals surface area contributed by atoms with Gasteiger partial charge in [-0.3, -0.25) is 0 Å². The molecule has 0 aromatic carbocycles. The van der Waals surface area contributed by atoms with Gasteiger partial charge in [0.2, 0.25) is 5.89 Å². The standard InChI is InChI=1S/C8H15N3O2/c1-6(9)5-7-10-8(13-11-7)3-2-4-12/h6,12H,2-5,9H2,1H3. The highest BCUT2D eigenvalue weighted by Gasteiger charge is 2.07. The van der Waals surface area contributed by atoms with Crippen LogP contribution in [-0.2, 0) is 12.8 Å². The minimum Gasteiger partial charge on any atom is -0.396 e. The second-order valence-corrected chi connectivity index (χ2v) is 3.11. The first-order valence-electron chi connectivity index (χ1n) is 4.40. The van der Waals surface area contributed by atoms with Gasteiger partial charge in [-0.05, 0) is 13.3 Å². The van der Waals surface area contributed by atoms with Gasteiger partial charge < -0.3 is 15.4 Å². The number of aromatic nitrogens is 2. The van der Waals surface area contributed by atoms with Gasteiger partial charge in [-0.15, -0.1) is 0 Å². The molecular formula is C8H15N3O2. The first-order valence-corrected chi connectivity index (χ1v) is 4.40. The number of hydrogen-bond acceptors (Lipinski definition) is 5. The molecule has 0 saturated heterocycles.